The third kappa shape index (κ3) is 2.89. The van der Waals surface area contributed by atoms with Crippen LogP contribution in [0, 0.1) is 0 Å². The van der Waals surface area contributed by atoms with E-state index in [4.69, 9.17) is 0 Å². The summed E-state index contributed by atoms with van der Waals surface area (Å²) < 4.78 is 3.97. The second-order valence-corrected chi connectivity index (χ2v) is 6.42. The Bertz CT molecular complexity index is 1190. The van der Waals surface area contributed by atoms with Crippen LogP contribution in [-0.4, -0.2) is 24.4 Å². The molecular weight excluding hydrogens is 334 g/mol. The van der Waals surface area contributed by atoms with Crippen molar-refractivity contribution < 1.29 is 0 Å². The molecule has 0 spiro atoms. The molecule has 0 aliphatic heterocycles. The predicted octanol–water partition coefficient (Wildman–Crippen LogP) is 4.31. The first-order chi connectivity index (χ1) is 13.4. The summed E-state index contributed by atoms with van der Waals surface area (Å²) in [5, 5.41) is 13.2. The number of nitrogens with zero attached hydrogens (tertiary/aromatic N) is 5. The van der Waals surface area contributed by atoms with Crippen molar-refractivity contribution in [2.45, 2.75) is 6.54 Å². The quantitative estimate of drug-likeness (QED) is 0.485. The van der Waals surface area contributed by atoms with E-state index in [2.05, 4.69) is 62.6 Å². The molecule has 0 amide bonds. The summed E-state index contributed by atoms with van der Waals surface area (Å²) in [5.41, 5.74) is 5.28. The Balaban J connectivity index is 1.50. The zero-order valence-electron chi connectivity index (χ0n) is 14.6. The molecule has 5 heteroatoms. The maximum Gasteiger partial charge on any atom is 0.185 e. The summed E-state index contributed by atoms with van der Waals surface area (Å²) in [6.07, 6.45) is 6.05. The number of hydrogen-bond donors (Lipinski definition) is 0. The number of benzene rings is 2. The van der Waals surface area contributed by atoms with Gasteiger partial charge < -0.3 is 4.57 Å². The van der Waals surface area contributed by atoms with E-state index < -0.39 is 0 Å². The SMILES string of the molecule is c1ccc(-c2ccn(Cc3ccnn4c(-c5ccccc5)nnc34)c2)cc1. The Morgan fingerprint density at radius 3 is 2.22 bits per heavy atom. The summed E-state index contributed by atoms with van der Waals surface area (Å²) in [7, 11) is 0. The molecule has 3 aromatic heterocycles. The van der Waals surface area contributed by atoms with Gasteiger partial charge in [0.2, 0.25) is 0 Å². The van der Waals surface area contributed by atoms with Crippen molar-refractivity contribution in [1.82, 2.24) is 24.4 Å². The van der Waals surface area contributed by atoms with Crippen LogP contribution < -0.4 is 0 Å². The van der Waals surface area contributed by atoms with Gasteiger partial charge >= 0.3 is 0 Å². The monoisotopic (exact) mass is 351 g/mol. The number of fused-ring (bicyclic) bond motifs is 1. The number of aromatic nitrogens is 5. The molecule has 0 radical (unpaired) electrons. The van der Waals surface area contributed by atoms with Gasteiger partial charge in [0.15, 0.2) is 11.5 Å². The standard InChI is InChI=1S/C22H17N5/c1-3-7-17(8-4-1)19-12-14-26(15-19)16-20-11-13-23-27-21(24-25-22(20)27)18-9-5-2-6-10-18/h1-15H,16H2. The predicted molar refractivity (Wildman–Crippen MR) is 105 cm³/mol. The zero-order chi connectivity index (χ0) is 18.1. The van der Waals surface area contributed by atoms with Gasteiger partial charge in [0.05, 0.1) is 6.54 Å². The molecule has 5 nitrogen and oxygen atoms in total. The molecule has 0 fully saturated rings. The molecule has 27 heavy (non-hydrogen) atoms. The van der Waals surface area contributed by atoms with Gasteiger partial charge in [0.25, 0.3) is 0 Å². The van der Waals surface area contributed by atoms with Gasteiger partial charge in [-0.3, -0.25) is 0 Å². The molecule has 0 N–H and O–H groups in total. The molecule has 0 saturated heterocycles. The Kier molecular flexibility index (Phi) is 3.76. The van der Waals surface area contributed by atoms with E-state index in [0.717, 1.165) is 22.6 Å². The fraction of sp³-hybridized carbons (Fsp3) is 0.0455. The molecule has 0 aliphatic rings. The second kappa shape index (κ2) is 6.53. The van der Waals surface area contributed by atoms with Crippen LogP contribution in [0.25, 0.3) is 28.2 Å². The van der Waals surface area contributed by atoms with Gasteiger partial charge in [-0.15, -0.1) is 10.2 Å². The van der Waals surface area contributed by atoms with Crippen molar-refractivity contribution in [3.63, 3.8) is 0 Å². The zero-order valence-corrected chi connectivity index (χ0v) is 14.6. The van der Waals surface area contributed by atoms with Crippen molar-refractivity contribution in [2.24, 2.45) is 0 Å². The smallest absolute Gasteiger partial charge is 0.185 e. The highest BCUT2D eigenvalue weighted by atomic mass is 15.4. The molecule has 0 unspecified atom stereocenters. The van der Waals surface area contributed by atoms with Crippen LogP contribution >= 0.6 is 0 Å². The third-order valence-electron chi connectivity index (χ3n) is 4.63. The summed E-state index contributed by atoms with van der Waals surface area (Å²) in [6, 6.07) is 24.5. The molecule has 0 aliphatic carbocycles. The highest BCUT2D eigenvalue weighted by Crippen LogP contribution is 2.22. The normalized spacial score (nSPS) is 11.1. The molecular formula is C22H17N5. The molecule has 0 saturated carbocycles. The maximum atomic E-state index is 4.46. The van der Waals surface area contributed by atoms with E-state index in [1.807, 2.05) is 47.0 Å². The first kappa shape index (κ1) is 15.5. The Morgan fingerprint density at radius 1 is 0.704 bits per heavy atom. The Labute approximate surface area is 156 Å². The third-order valence-corrected chi connectivity index (χ3v) is 4.63. The van der Waals surface area contributed by atoms with Crippen molar-refractivity contribution in [1.29, 1.82) is 0 Å². The van der Waals surface area contributed by atoms with Gasteiger partial charge in [0.1, 0.15) is 0 Å². The molecule has 0 atom stereocenters. The van der Waals surface area contributed by atoms with E-state index >= 15 is 0 Å². The summed E-state index contributed by atoms with van der Waals surface area (Å²) in [4.78, 5) is 0. The van der Waals surface area contributed by atoms with Gasteiger partial charge in [0, 0.05) is 29.7 Å². The topological polar surface area (TPSA) is 48.0 Å². The van der Waals surface area contributed by atoms with Gasteiger partial charge in [-0.25, -0.2) is 0 Å². The Hall–Kier alpha value is -3.73. The second-order valence-electron chi connectivity index (χ2n) is 6.42. The lowest BCUT2D eigenvalue weighted by Crippen LogP contribution is -2.02. The minimum absolute atomic E-state index is 0.714. The fourth-order valence-electron chi connectivity index (χ4n) is 3.28. The molecule has 130 valence electrons. The van der Waals surface area contributed by atoms with Gasteiger partial charge in [-0.05, 0) is 23.3 Å². The molecule has 5 aromatic rings. The average molecular weight is 351 g/mol. The number of hydrogen-bond acceptors (Lipinski definition) is 3. The lowest BCUT2D eigenvalue weighted by molar-refractivity contribution is 0.795. The maximum absolute atomic E-state index is 4.46. The van der Waals surface area contributed by atoms with E-state index in [0.29, 0.717) is 6.54 Å². The van der Waals surface area contributed by atoms with Crippen LogP contribution in [0.4, 0.5) is 0 Å². The van der Waals surface area contributed by atoms with Crippen molar-refractivity contribution >= 4 is 5.65 Å². The lowest BCUT2D eigenvalue weighted by atomic mass is 10.1. The summed E-state index contributed by atoms with van der Waals surface area (Å²) in [6.45, 7) is 0.714. The van der Waals surface area contributed by atoms with Crippen LogP contribution in [-0.2, 0) is 6.54 Å². The van der Waals surface area contributed by atoms with Crippen LogP contribution in [0.5, 0.6) is 0 Å². The first-order valence-electron chi connectivity index (χ1n) is 8.84. The van der Waals surface area contributed by atoms with E-state index in [1.54, 1.807) is 6.20 Å². The van der Waals surface area contributed by atoms with Crippen molar-refractivity contribution in [3.8, 4) is 22.5 Å². The Morgan fingerprint density at radius 2 is 1.44 bits per heavy atom. The first-order valence-corrected chi connectivity index (χ1v) is 8.84. The van der Waals surface area contributed by atoms with Gasteiger partial charge in [-0.1, -0.05) is 60.7 Å². The minimum atomic E-state index is 0.714. The fourth-order valence-corrected chi connectivity index (χ4v) is 3.28. The van der Waals surface area contributed by atoms with Crippen LogP contribution in [0.2, 0.25) is 0 Å². The van der Waals surface area contributed by atoms with Gasteiger partial charge in [-0.2, -0.15) is 9.61 Å². The molecule has 3 heterocycles. The van der Waals surface area contributed by atoms with Crippen molar-refractivity contribution in [2.75, 3.05) is 0 Å². The lowest BCUT2D eigenvalue weighted by Gasteiger charge is -2.05. The van der Waals surface area contributed by atoms with E-state index in [-0.39, 0.29) is 0 Å². The van der Waals surface area contributed by atoms with E-state index in [1.165, 1.54) is 11.1 Å². The summed E-state index contributed by atoms with van der Waals surface area (Å²) >= 11 is 0. The minimum Gasteiger partial charge on any atom is -0.349 e. The molecule has 5 rings (SSSR count). The number of rotatable bonds is 4. The van der Waals surface area contributed by atoms with Crippen LogP contribution in [0.1, 0.15) is 5.56 Å². The van der Waals surface area contributed by atoms with Crippen LogP contribution in [0.15, 0.2) is 91.4 Å². The summed E-state index contributed by atoms with van der Waals surface area (Å²) in [5.74, 6) is 0.755. The van der Waals surface area contributed by atoms with Crippen molar-refractivity contribution in [3.05, 3.63) is 97.0 Å². The average Bonchev–Trinajstić information content (AvgIpc) is 3.37. The largest absolute Gasteiger partial charge is 0.349 e. The van der Waals surface area contributed by atoms with E-state index in [9.17, 15) is 0 Å². The molecule has 2 aromatic carbocycles. The van der Waals surface area contributed by atoms with Crippen LogP contribution in [0.3, 0.4) is 0 Å². The molecule has 0 bridgehead atoms. The highest BCUT2D eigenvalue weighted by molar-refractivity contribution is 5.63. The highest BCUT2D eigenvalue weighted by Gasteiger charge is 2.12.